The summed E-state index contributed by atoms with van der Waals surface area (Å²) in [6, 6.07) is 3.30. The van der Waals surface area contributed by atoms with E-state index >= 15 is 0 Å². The van der Waals surface area contributed by atoms with E-state index in [2.05, 4.69) is 9.59 Å². The van der Waals surface area contributed by atoms with E-state index in [1.165, 1.54) is 6.07 Å². The molecule has 0 amide bonds. The molecule has 0 bridgehead atoms. The number of hydrogen-bond donors (Lipinski definition) is 0. The number of nitrogens with zero attached hydrogens (tertiary/aromatic N) is 3. The van der Waals surface area contributed by atoms with Gasteiger partial charge in [-0.05, 0) is 25.0 Å². The summed E-state index contributed by atoms with van der Waals surface area (Å²) in [7, 11) is 0. The molecule has 2 rings (SSSR count). The van der Waals surface area contributed by atoms with Crippen molar-refractivity contribution in [1.29, 1.82) is 0 Å². The number of nitro benzene ring substituents is 1. The van der Waals surface area contributed by atoms with Gasteiger partial charge in [0.05, 0.1) is 4.92 Å². The van der Waals surface area contributed by atoms with Gasteiger partial charge in [0.2, 0.25) is 0 Å². The van der Waals surface area contributed by atoms with Crippen LogP contribution >= 0.6 is 23.1 Å². The zero-order valence-electron chi connectivity index (χ0n) is 10.2. The average Bonchev–Trinajstić information content (AvgIpc) is 2.73. The SMILES string of the molecule is Cc1cc(C)c(OCc2nnsc2Cl)c([N+](=O)[O-])c1. The van der Waals surface area contributed by atoms with Gasteiger partial charge in [-0.25, -0.2) is 0 Å². The van der Waals surface area contributed by atoms with E-state index < -0.39 is 4.92 Å². The number of aryl methyl sites for hydroxylation is 2. The molecule has 0 radical (unpaired) electrons. The lowest BCUT2D eigenvalue weighted by Gasteiger charge is -2.09. The molecule has 0 fully saturated rings. The fourth-order valence-corrected chi connectivity index (χ4v) is 2.28. The van der Waals surface area contributed by atoms with Crippen molar-refractivity contribution in [2.75, 3.05) is 0 Å². The highest BCUT2D eigenvalue weighted by molar-refractivity contribution is 7.10. The minimum absolute atomic E-state index is 0.0556. The number of hydrogen-bond acceptors (Lipinski definition) is 6. The monoisotopic (exact) mass is 299 g/mol. The second-order valence-electron chi connectivity index (χ2n) is 3.97. The van der Waals surface area contributed by atoms with Crippen LogP contribution in [0.4, 0.5) is 5.69 Å². The number of benzene rings is 1. The van der Waals surface area contributed by atoms with E-state index in [0.717, 1.165) is 17.1 Å². The largest absolute Gasteiger partial charge is 0.480 e. The Hall–Kier alpha value is -1.73. The predicted octanol–water partition coefficient (Wildman–Crippen LogP) is 3.30. The van der Waals surface area contributed by atoms with Gasteiger partial charge in [0.25, 0.3) is 0 Å². The van der Waals surface area contributed by atoms with Crippen molar-refractivity contribution in [3.63, 3.8) is 0 Å². The zero-order valence-corrected chi connectivity index (χ0v) is 11.8. The van der Waals surface area contributed by atoms with Gasteiger partial charge in [0.1, 0.15) is 16.6 Å². The third kappa shape index (κ3) is 2.99. The van der Waals surface area contributed by atoms with E-state index in [1.54, 1.807) is 13.8 Å². The molecule has 0 spiro atoms. The number of ether oxygens (including phenoxy) is 1. The Morgan fingerprint density at radius 3 is 2.79 bits per heavy atom. The first-order chi connectivity index (χ1) is 8.99. The molecule has 2 aromatic rings. The Balaban J connectivity index is 2.29. The number of nitro groups is 1. The molecule has 0 saturated heterocycles. The normalized spacial score (nSPS) is 10.5. The van der Waals surface area contributed by atoms with Crippen molar-refractivity contribution in [2.45, 2.75) is 20.5 Å². The van der Waals surface area contributed by atoms with E-state index in [4.69, 9.17) is 16.3 Å². The quantitative estimate of drug-likeness (QED) is 0.639. The van der Waals surface area contributed by atoms with Gasteiger partial charge in [-0.2, -0.15) is 0 Å². The fraction of sp³-hybridized carbons (Fsp3) is 0.273. The van der Waals surface area contributed by atoms with Crippen molar-refractivity contribution in [2.24, 2.45) is 0 Å². The third-order valence-electron chi connectivity index (χ3n) is 2.46. The lowest BCUT2D eigenvalue weighted by atomic mass is 10.1. The van der Waals surface area contributed by atoms with Crippen molar-refractivity contribution >= 4 is 28.8 Å². The smallest absolute Gasteiger partial charge is 0.311 e. The van der Waals surface area contributed by atoms with Crippen LogP contribution in [0.2, 0.25) is 4.34 Å². The Morgan fingerprint density at radius 1 is 1.47 bits per heavy atom. The average molecular weight is 300 g/mol. The molecule has 1 aromatic heterocycles. The fourth-order valence-electron chi connectivity index (χ4n) is 1.68. The molecule has 6 nitrogen and oxygen atoms in total. The molecule has 8 heteroatoms. The third-order valence-corrected chi connectivity index (χ3v) is 3.44. The van der Waals surface area contributed by atoms with Gasteiger partial charge in [-0.3, -0.25) is 10.1 Å². The Morgan fingerprint density at radius 2 is 2.21 bits per heavy atom. The molecular formula is C11H10ClN3O3S. The Labute approximate surface area is 118 Å². The summed E-state index contributed by atoms with van der Waals surface area (Å²) in [5, 5.41) is 14.8. The molecular weight excluding hydrogens is 290 g/mol. The second kappa shape index (κ2) is 5.50. The molecule has 19 heavy (non-hydrogen) atoms. The van der Waals surface area contributed by atoms with Crippen molar-refractivity contribution in [1.82, 2.24) is 9.59 Å². The summed E-state index contributed by atoms with van der Waals surface area (Å²) in [6.07, 6.45) is 0. The number of rotatable bonds is 4. The van der Waals surface area contributed by atoms with Crippen molar-refractivity contribution in [3.05, 3.63) is 43.4 Å². The van der Waals surface area contributed by atoms with Crippen LogP contribution < -0.4 is 4.74 Å². The second-order valence-corrected chi connectivity index (χ2v) is 5.33. The van der Waals surface area contributed by atoms with Crippen LogP contribution in [0.25, 0.3) is 0 Å². The van der Waals surface area contributed by atoms with Crippen molar-refractivity contribution in [3.8, 4) is 5.75 Å². The van der Waals surface area contributed by atoms with Crippen LogP contribution in [0.15, 0.2) is 12.1 Å². The Kier molecular flexibility index (Phi) is 3.96. The molecule has 0 N–H and O–H groups in total. The maximum atomic E-state index is 11.0. The van der Waals surface area contributed by atoms with Crippen LogP contribution in [0.3, 0.4) is 0 Å². The minimum Gasteiger partial charge on any atom is -0.480 e. The first-order valence-corrected chi connectivity index (χ1v) is 6.49. The summed E-state index contributed by atoms with van der Waals surface area (Å²) in [6.45, 7) is 3.61. The number of aromatic nitrogens is 2. The lowest BCUT2D eigenvalue weighted by molar-refractivity contribution is -0.386. The summed E-state index contributed by atoms with van der Waals surface area (Å²) in [5.74, 6) is 0.236. The van der Waals surface area contributed by atoms with E-state index in [1.807, 2.05) is 6.07 Å². The van der Waals surface area contributed by atoms with Crippen LogP contribution in [-0.4, -0.2) is 14.5 Å². The molecule has 100 valence electrons. The van der Waals surface area contributed by atoms with Crippen LogP contribution in [0, 0.1) is 24.0 Å². The summed E-state index contributed by atoms with van der Waals surface area (Å²) in [4.78, 5) is 10.6. The number of halogens is 1. The van der Waals surface area contributed by atoms with Gasteiger partial charge >= 0.3 is 5.69 Å². The topological polar surface area (TPSA) is 78.2 Å². The summed E-state index contributed by atoms with van der Waals surface area (Å²) in [5.41, 5.74) is 1.92. The molecule has 0 aliphatic rings. The lowest BCUT2D eigenvalue weighted by Crippen LogP contribution is -2.02. The predicted molar refractivity (Wildman–Crippen MR) is 71.8 cm³/mol. The maximum Gasteiger partial charge on any atom is 0.311 e. The highest BCUT2D eigenvalue weighted by atomic mass is 35.5. The van der Waals surface area contributed by atoms with Crippen LogP contribution in [0.1, 0.15) is 16.8 Å². The van der Waals surface area contributed by atoms with E-state index in [0.29, 0.717) is 15.6 Å². The Bertz CT molecular complexity index is 630. The molecule has 1 heterocycles. The van der Waals surface area contributed by atoms with Gasteiger partial charge < -0.3 is 4.74 Å². The molecule has 0 aliphatic heterocycles. The van der Waals surface area contributed by atoms with Crippen LogP contribution in [0.5, 0.6) is 5.75 Å². The molecule has 0 atom stereocenters. The van der Waals surface area contributed by atoms with Gasteiger partial charge in [-0.1, -0.05) is 22.2 Å². The first-order valence-electron chi connectivity index (χ1n) is 5.34. The van der Waals surface area contributed by atoms with Gasteiger partial charge in [-0.15, -0.1) is 5.10 Å². The standard InChI is InChI=1S/C11H10ClN3O3S/c1-6-3-7(2)10(9(4-6)15(16)17)18-5-8-11(12)19-14-13-8/h3-4H,5H2,1-2H3. The van der Waals surface area contributed by atoms with Crippen LogP contribution in [-0.2, 0) is 6.61 Å². The summed E-state index contributed by atoms with van der Waals surface area (Å²) < 4.78 is 9.58. The summed E-state index contributed by atoms with van der Waals surface area (Å²) >= 11 is 6.90. The minimum atomic E-state index is -0.462. The highest BCUT2D eigenvalue weighted by Gasteiger charge is 2.19. The van der Waals surface area contributed by atoms with E-state index in [9.17, 15) is 10.1 Å². The molecule has 0 aliphatic carbocycles. The van der Waals surface area contributed by atoms with E-state index in [-0.39, 0.29) is 18.0 Å². The molecule has 0 unspecified atom stereocenters. The van der Waals surface area contributed by atoms with Gasteiger partial charge in [0, 0.05) is 17.6 Å². The first kappa shape index (κ1) is 13.7. The zero-order chi connectivity index (χ0) is 14.0. The molecule has 0 saturated carbocycles. The highest BCUT2D eigenvalue weighted by Crippen LogP contribution is 2.33. The molecule has 1 aromatic carbocycles. The van der Waals surface area contributed by atoms with Gasteiger partial charge in [0.15, 0.2) is 5.75 Å². The van der Waals surface area contributed by atoms with Crippen molar-refractivity contribution < 1.29 is 9.66 Å². The maximum absolute atomic E-state index is 11.0.